The Kier molecular flexibility index (Phi) is 10.2. The molecule has 0 amide bonds. The van der Waals surface area contributed by atoms with Crippen molar-refractivity contribution in [3.8, 4) is 0 Å². The van der Waals surface area contributed by atoms with Gasteiger partial charge in [-0.2, -0.15) is 43.9 Å². The van der Waals surface area contributed by atoms with Crippen LogP contribution < -0.4 is 29.6 Å². The van der Waals surface area contributed by atoms with Crippen LogP contribution in [0.5, 0.6) is 0 Å². The Morgan fingerprint density at radius 2 is 0.903 bits per heavy atom. The summed E-state index contributed by atoms with van der Waals surface area (Å²) in [5.41, 5.74) is -5.93. The summed E-state index contributed by atoms with van der Waals surface area (Å²) in [4.78, 5) is 0. The summed E-state index contributed by atoms with van der Waals surface area (Å²) in [6.07, 6.45) is -20.3. The molecule has 0 aromatic heterocycles. The Balaban J connectivity index is 0. The fourth-order valence-electron chi connectivity index (χ4n) is 1.61. The number of hydrogen-bond acceptors (Lipinski definition) is 3. The van der Waals surface area contributed by atoms with Gasteiger partial charge in [-0.25, -0.2) is 34.8 Å². The summed E-state index contributed by atoms with van der Waals surface area (Å²) in [5, 5.41) is 0. The molecule has 0 saturated carbocycles. The number of rotatable bonds is 10. The molecule has 21 heteroatoms. The summed E-state index contributed by atoms with van der Waals surface area (Å²) in [7, 11) is -7.31. The molecule has 182 valence electrons. The van der Waals surface area contributed by atoms with Crippen LogP contribution in [0.2, 0.25) is 0 Å². The molecular formula is C10H5F16NaO3S. The summed E-state index contributed by atoms with van der Waals surface area (Å²) < 4.78 is 237. The van der Waals surface area contributed by atoms with Crippen molar-refractivity contribution in [3.63, 3.8) is 0 Å². The predicted octanol–water partition coefficient (Wildman–Crippen LogP) is 1.29. The minimum atomic E-state index is -8.37. The number of alkyl halides is 16. The molecule has 0 bridgehead atoms. The molecule has 31 heavy (non-hydrogen) atoms. The average molecular weight is 532 g/mol. The van der Waals surface area contributed by atoms with Crippen molar-refractivity contribution in [1.82, 2.24) is 0 Å². The minimum absolute atomic E-state index is 0. The topological polar surface area (TPSA) is 57.2 Å². The van der Waals surface area contributed by atoms with E-state index in [0.29, 0.717) is 0 Å². The first kappa shape index (κ1) is 33.0. The van der Waals surface area contributed by atoms with E-state index in [2.05, 4.69) is 0 Å². The second kappa shape index (κ2) is 9.57. The van der Waals surface area contributed by atoms with E-state index in [1.54, 1.807) is 0 Å². The van der Waals surface area contributed by atoms with E-state index in [1.165, 1.54) is 0 Å². The molecule has 0 aromatic carbocycles. The molecule has 0 aliphatic heterocycles. The van der Waals surface area contributed by atoms with Gasteiger partial charge in [-0.15, -0.1) is 0 Å². The van der Waals surface area contributed by atoms with Crippen LogP contribution in [0, 0.1) is 0 Å². The molecule has 3 nitrogen and oxygen atoms in total. The first-order valence-corrected chi connectivity index (χ1v) is 7.98. The van der Waals surface area contributed by atoms with Gasteiger partial charge in [0.15, 0.2) is 12.3 Å². The minimum Gasteiger partial charge on any atom is -0.746 e. The monoisotopic (exact) mass is 532 g/mol. The van der Waals surface area contributed by atoms with Crippen molar-refractivity contribution in [3.05, 3.63) is 0 Å². The number of halogens is 16. The summed E-state index contributed by atoms with van der Waals surface area (Å²) >= 11 is 0. The molecule has 0 heterocycles. The third-order valence-electron chi connectivity index (χ3n) is 3.34. The SMILES string of the molecule is O=S(=O)([O-])C(F)C(F)(F)C(F)(F)C(F)(F)C(F)(F)C(F)(F)C(F)C(F)C(F)C(F)F.[Na+]. The van der Waals surface area contributed by atoms with E-state index in [-0.39, 0.29) is 29.6 Å². The average Bonchev–Trinajstić information content (AvgIpc) is 2.57. The van der Waals surface area contributed by atoms with E-state index in [9.17, 15) is 83.2 Å². The zero-order chi connectivity index (χ0) is 24.9. The maximum absolute atomic E-state index is 13.3. The quantitative estimate of drug-likeness (QED) is 0.242. The molecule has 0 aliphatic carbocycles. The second-order valence-corrected chi connectivity index (χ2v) is 6.80. The van der Waals surface area contributed by atoms with E-state index in [4.69, 9.17) is 0 Å². The van der Waals surface area contributed by atoms with Crippen molar-refractivity contribution in [2.75, 3.05) is 0 Å². The summed E-state index contributed by atoms with van der Waals surface area (Å²) in [6.45, 7) is 0. The van der Waals surface area contributed by atoms with Crippen molar-refractivity contribution in [1.29, 1.82) is 0 Å². The Bertz CT molecular complexity index is 712. The molecule has 0 fully saturated rings. The van der Waals surface area contributed by atoms with Gasteiger partial charge in [-0.05, 0) is 0 Å². The zero-order valence-electron chi connectivity index (χ0n) is 14.1. The zero-order valence-corrected chi connectivity index (χ0v) is 16.9. The van der Waals surface area contributed by atoms with E-state index < -0.39 is 70.2 Å². The smallest absolute Gasteiger partial charge is 0.746 e. The fourth-order valence-corrected chi connectivity index (χ4v) is 2.12. The fraction of sp³-hybridized carbons (Fsp3) is 1.00. The maximum Gasteiger partial charge on any atom is 1.00 e. The van der Waals surface area contributed by atoms with Crippen LogP contribution in [0.1, 0.15) is 0 Å². The van der Waals surface area contributed by atoms with Gasteiger partial charge in [-0.1, -0.05) is 0 Å². The summed E-state index contributed by atoms with van der Waals surface area (Å²) in [6, 6.07) is 0. The van der Waals surface area contributed by atoms with Crippen molar-refractivity contribution < 1.29 is 113 Å². The van der Waals surface area contributed by atoms with Gasteiger partial charge in [0, 0.05) is 0 Å². The molecule has 0 aromatic rings. The Labute approximate surface area is 183 Å². The van der Waals surface area contributed by atoms with Crippen LogP contribution in [0.15, 0.2) is 0 Å². The van der Waals surface area contributed by atoms with Crippen LogP contribution in [0.25, 0.3) is 0 Å². The number of hydrogen-bond donors (Lipinski definition) is 0. The van der Waals surface area contributed by atoms with Crippen molar-refractivity contribution in [2.45, 2.75) is 60.1 Å². The maximum atomic E-state index is 13.3. The Morgan fingerprint density at radius 3 is 1.19 bits per heavy atom. The molecule has 0 rings (SSSR count). The molecule has 0 radical (unpaired) electrons. The van der Waals surface area contributed by atoms with Crippen LogP contribution >= 0.6 is 0 Å². The molecule has 0 aliphatic rings. The van der Waals surface area contributed by atoms with Gasteiger partial charge in [-0.3, -0.25) is 0 Å². The molecule has 0 spiro atoms. The molecule has 4 atom stereocenters. The summed E-state index contributed by atoms with van der Waals surface area (Å²) in [5.74, 6) is -40.1. The molecule has 0 N–H and O–H groups in total. The third-order valence-corrected chi connectivity index (χ3v) is 4.14. The first-order valence-electron chi connectivity index (χ1n) is 6.51. The van der Waals surface area contributed by atoms with E-state index in [1.807, 2.05) is 0 Å². The first-order chi connectivity index (χ1) is 12.8. The van der Waals surface area contributed by atoms with Crippen molar-refractivity contribution >= 4 is 10.1 Å². The van der Waals surface area contributed by atoms with Crippen LogP contribution in [0.3, 0.4) is 0 Å². The van der Waals surface area contributed by atoms with Crippen LogP contribution in [-0.2, 0) is 10.1 Å². The Morgan fingerprint density at radius 1 is 0.581 bits per heavy atom. The largest absolute Gasteiger partial charge is 1.00 e. The predicted molar refractivity (Wildman–Crippen MR) is 60.0 cm³/mol. The second-order valence-electron chi connectivity index (χ2n) is 5.40. The third kappa shape index (κ3) is 5.32. The Hall–Kier alpha value is -0.210. The van der Waals surface area contributed by atoms with Gasteiger partial charge >= 0.3 is 59.2 Å². The van der Waals surface area contributed by atoms with Crippen LogP contribution in [-0.4, -0.2) is 73.0 Å². The molecular weight excluding hydrogens is 527 g/mol. The van der Waals surface area contributed by atoms with Crippen molar-refractivity contribution in [2.24, 2.45) is 0 Å². The van der Waals surface area contributed by atoms with Gasteiger partial charge < -0.3 is 4.55 Å². The molecule has 4 unspecified atom stereocenters. The van der Waals surface area contributed by atoms with Gasteiger partial charge in [0.2, 0.25) is 6.17 Å². The van der Waals surface area contributed by atoms with Gasteiger partial charge in [0.05, 0.1) is 0 Å². The van der Waals surface area contributed by atoms with E-state index in [0.717, 1.165) is 0 Å². The normalized spacial score (nSPS) is 18.9. The van der Waals surface area contributed by atoms with Gasteiger partial charge in [0.25, 0.3) is 11.9 Å². The van der Waals surface area contributed by atoms with Gasteiger partial charge in [0.1, 0.15) is 10.1 Å². The van der Waals surface area contributed by atoms with Crippen LogP contribution in [0.4, 0.5) is 70.2 Å². The standard InChI is InChI=1S/C10H6F16O3S.Na/c11-1(2(12)4(14)15)3(13)6(17,18)8(21,22)10(25,26)9(23,24)7(19,20)5(16)30(27,28)29;/h1-5H,(H,27,28,29);/q;+1/p-1. The molecule has 0 saturated heterocycles. The van der Waals surface area contributed by atoms with E-state index >= 15 is 0 Å².